The van der Waals surface area contributed by atoms with E-state index in [1.54, 1.807) is 39.0 Å². The zero-order chi connectivity index (χ0) is 27.7. The van der Waals surface area contributed by atoms with Gasteiger partial charge in [0.05, 0.1) is 29.0 Å². The van der Waals surface area contributed by atoms with Crippen LogP contribution in [0.4, 0.5) is 36.8 Å². The molecular formula is C26H28F6N2O3. The Balaban J connectivity index is 2.09. The minimum Gasteiger partial charge on any atom is -0.446 e. The second kappa shape index (κ2) is 10.6. The van der Waals surface area contributed by atoms with Crippen molar-refractivity contribution in [2.45, 2.75) is 71.6 Å². The molecule has 202 valence electrons. The number of para-hydroxylation sites is 1. The number of nitrogens with zero attached hydrogens (tertiary/aromatic N) is 2. The van der Waals surface area contributed by atoms with Crippen molar-refractivity contribution >= 4 is 17.7 Å². The van der Waals surface area contributed by atoms with Gasteiger partial charge in [-0.15, -0.1) is 0 Å². The average molecular weight is 531 g/mol. The highest BCUT2D eigenvalue weighted by Gasteiger charge is 2.38. The van der Waals surface area contributed by atoms with E-state index in [4.69, 9.17) is 4.74 Å². The quantitative estimate of drug-likeness (QED) is 0.391. The molecule has 0 radical (unpaired) electrons. The Morgan fingerprint density at radius 3 is 2.16 bits per heavy atom. The Morgan fingerprint density at radius 1 is 1.05 bits per heavy atom. The monoisotopic (exact) mass is 530 g/mol. The number of fused-ring (bicyclic) bond motifs is 1. The van der Waals surface area contributed by atoms with Crippen molar-refractivity contribution in [1.82, 2.24) is 4.90 Å². The second-order valence-electron chi connectivity index (χ2n) is 9.32. The molecule has 1 unspecified atom stereocenters. The molecule has 2 amide bonds. The van der Waals surface area contributed by atoms with Crippen molar-refractivity contribution in [3.63, 3.8) is 0 Å². The first-order valence-electron chi connectivity index (χ1n) is 11.7. The highest BCUT2D eigenvalue weighted by molar-refractivity contribution is 5.90. The molecule has 1 heterocycles. The van der Waals surface area contributed by atoms with Gasteiger partial charge in [-0.1, -0.05) is 18.2 Å². The molecule has 0 fully saturated rings. The second-order valence-corrected chi connectivity index (χ2v) is 9.32. The summed E-state index contributed by atoms with van der Waals surface area (Å²) in [7, 11) is 0. The summed E-state index contributed by atoms with van der Waals surface area (Å²) in [6.45, 7) is 6.20. The van der Waals surface area contributed by atoms with Crippen LogP contribution in [0.5, 0.6) is 0 Å². The Hall–Kier alpha value is -3.24. The van der Waals surface area contributed by atoms with Crippen LogP contribution >= 0.6 is 0 Å². The lowest BCUT2D eigenvalue weighted by Gasteiger charge is -2.33. The Morgan fingerprint density at radius 2 is 1.65 bits per heavy atom. The molecule has 1 aliphatic rings. The van der Waals surface area contributed by atoms with Gasteiger partial charge < -0.3 is 9.64 Å². The molecule has 0 spiro atoms. The van der Waals surface area contributed by atoms with Gasteiger partial charge in [0.25, 0.3) is 0 Å². The summed E-state index contributed by atoms with van der Waals surface area (Å²) in [5.41, 5.74) is -1.39. The van der Waals surface area contributed by atoms with Gasteiger partial charge in [-0.05, 0) is 68.5 Å². The zero-order valence-electron chi connectivity index (χ0n) is 20.8. The van der Waals surface area contributed by atoms with Crippen molar-refractivity contribution in [3.8, 4) is 0 Å². The van der Waals surface area contributed by atoms with E-state index >= 15 is 0 Å². The maximum atomic E-state index is 13.4. The van der Waals surface area contributed by atoms with E-state index in [2.05, 4.69) is 0 Å². The third kappa shape index (κ3) is 6.56. The van der Waals surface area contributed by atoms with E-state index < -0.39 is 48.1 Å². The number of benzene rings is 2. The van der Waals surface area contributed by atoms with Gasteiger partial charge in [0.15, 0.2) is 0 Å². The third-order valence-corrected chi connectivity index (χ3v) is 6.10. The highest BCUT2D eigenvalue weighted by Crippen LogP contribution is 2.41. The molecule has 37 heavy (non-hydrogen) atoms. The maximum Gasteiger partial charge on any atom is 0.416 e. The van der Waals surface area contributed by atoms with Crippen LogP contribution in [0.15, 0.2) is 36.4 Å². The van der Waals surface area contributed by atoms with Gasteiger partial charge in [-0.3, -0.25) is 9.69 Å². The van der Waals surface area contributed by atoms with Crippen LogP contribution in [0, 0.1) is 6.92 Å². The largest absolute Gasteiger partial charge is 0.446 e. The number of carbonyl (C=O) groups excluding carboxylic acids is 2. The Bertz CT molecular complexity index is 1130. The summed E-state index contributed by atoms with van der Waals surface area (Å²) in [6, 6.07) is 5.84. The standard InChI is InChI=1S/C26H28F6N2O3/c1-15(2)37-24(36)33-10-6-9-22(21-8-5-7-16(3)23(21)33)34(17(4)35)14-18-11-19(25(27,28)29)13-20(12-18)26(30,31)32/h5,7-8,11-13,15,22H,6,9-10,14H2,1-4H3. The summed E-state index contributed by atoms with van der Waals surface area (Å²) < 4.78 is 85.7. The lowest BCUT2D eigenvalue weighted by atomic mass is 9.96. The lowest BCUT2D eigenvalue weighted by Crippen LogP contribution is -2.35. The fraction of sp³-hybridized carbons (Fsp3) is 0.462. The number of amides is 2. The number of hydrogen-bond acceptors (Lipinski definition) is 3. The highest BCUT2D eigenvalue weighted by atomic mass is 19.4. The number of alkyl halides is 6. The number of aryl methyl sites for hydroxylation is 1. The van der Waals surface area contributed by atoms with Gasteiger partial charge in [0.2, 0.25) is 5.91 Å². The van der Waals surface area contributed by atoms with E-state index in [9.17, 15) is 35.9 Å². The van der Waals surface area contributed by atoms with Gasteiger partial charge in [0.1, 0.15) is 0 Å². The summed E-state index contributed by atoms with van der Waals surface area (Å²) in [4.78, 5) is 28.3. The van der Waals surface area contributed by atoms with Gasteiger partial charge >= 0.3 is 18.4 Å². The van der Waals surface area contributed by atoms with Gasteiger partial charge in [-0.25, -0.2) is 4.79 Å². The topological polar surface area (TPSA) is 49.9 Å². The van der Waals surface area contributed by atoms with Gasteiger partial charge in [-0.2, -0.15) is 26.3 Å². The van der Waals surface area contributed by atoms with E-state index in [0.717, 1.165) is 0 Å². The molecule has 0 saturated carbocycles. The Labute approximate surface area is 211 Å². The van der Waals surface area contributed by atoms with Crippen LogP contribution in [0.2, 0.25) is 0 Å². The molecule has 1 aliphatic heterocycles. The first kappa shape index (κ1) is 28.3. The van der Waals surface area contributed by atoms with Crippen LogP contribution in [-0.4, -0.2) is 29.5 Å². The third-order valence-electron chi connectivity index (χ3n) is 6.10. The van der Waals surface area contributed by atoms with Crippen LogP contribution in [-0.2, 0) is 28.4 Å². The van der Waals surface area contributed by atoms with Crippen molar-refractivity contribution in [1.29, 1.82) is 0 Å². The molecule has 0 bridgehead atoms. The lowest BCUT2D eigenvalue weighted by molar-refractivity contribution is -0.143. The summed E-state index contributed by atoms with van der Waals surface area (Å²) in [5.74, 6) is -0.526. The minimum absolute atomic E-state index is 0.0597. The van der Waals surface area contributed by atoms with Crippen LogP contribution in [0.3, 0.4) is 0 Å². The van der Waals surface area contributed by atoms with Crippen LogP contribution in [0.1, 0.15) is 67.5 Å². The SMILES string of the molecule is CC(=O)N(Cc1cc(C(F)(F)F)cc(C(F)(F)F)c1)C1CCCN(C(=O)OC(C)C)c2c(C)cccc21. The van der Waals surface area contributed by atoms with E-state index in [1.165, 1.54) is 16.7 Å². The predicted molar refractivity (Wildman–Crippen MR) is 125 cm³/mol. The average Bonchev–Trinajstić information content (AvgIpc) is 2.96. The normalized spacial score (nSPS) is 16.3. The molecule has 0 aliphatic carbocycles. The smallest absolute Gasteiger partial charge is 0.416 e. The van der Waals surface area contributed by atoms with Gasteiger partial charge in [0, 0.05) is 20.0 Å². The maximum absolute atomic E-state index is 13.4. The van der Waals surface area contributed by atoms with Crippen molar-refractivity contribution in [2.75, 3.05) is 11.4 Å². The van der Waals surface area contributed by atoms with Crippen molar-refractivity contribution in [3.05, 3.63) is 64.2 Å². The van der Waals surface area contributed by atoms with Crippen molar-refractivity contribution in [2.24, 2.45) is 0 Å². The molecule has 0 N–H and O–H groups in total. The fourth-order valence-electron chi connectivity index (χ4n) is 4.55. The van der Waals surface area contributed by atoms with E-state index in [0.29, 0.717) is 41.8 Å². The number of ether oxygens (including phenoxy) is 1. The molecule has 2 aromatic rings. The molecule has 3 rings (SSSR count). The number of rotatable bonds is 4. The number of halogens is 6. The molecule has 0 aromatic heterocycles. The molecule has 5 nitrogen and oxygen atoms in total. The van der Waals surface area contributed by atoms with E-state index in [-0.39, 0.29) is 24.3 Å². The fourth-order valence-corrected chi connectivity index (χ4v) is 4.55. The summed E-state index contributed by atoms with van der Waals surface area (Å²) in [6.07, 6.45) is -10.2. The minimum atomic E-state index is -5.00. The Kier molecular flexibility index (Phi) is 8.14. The molecule has 11 heteroatoms. The number of carbonyl (C=O) groups is 2. The summed E-state index contributed by atoms with van der Waals surface area (Å²) in [5, 5.41) is 0. The number of anilines is 1. The van der Waals surface area contributed by atoms with Crippen LogP contribution in [0.25, 0.3) is 0 Å². The molecule has 0 saturated heterocycles. The molecule has 1 atom stereocenters. The zero-order valence-corrected chi connectivity index (χ0v) is 20.8. The predicted octanol–water partition coefficient (Wildman–Crippen LogP) is 7.27. The van der Waals surface area contributed by atoms with Crippen LogP contribution < -0.4 is 4.90 Å². The van der Waals surface area contributed by atoms with Crippen molar-refractivity contribution < 1.29 is 40.7 Å². The first-order valence-corrected chi connectivity index (χ1v) is 11.7. The molecular weight excluding hydrogens is 502 g/mol. The van der Waals surface area contributed by atoms with E-state index in [1.807, 2.05) is 0 Å². The summed E-state index contributed by atoms with van der Waals surface area (Å²) >= 11 is 0. The molecule has 2 aromatic carbocycles. The number of hydrogen-bond donors (Lipinski definition) is 0. The first-order chi connectivity index (χ1) is 17.1.